The molecule has 0 unspecified atom stereocenters. The van der Waals surface area contributed by atoms with Gasteiger partial charge in [0, 0.05) is 13.6 Å². The van der Waals surface area contributed by atoms with Crippen molar-refractivity contribution in [3.05, 3.63) is 71.5 Å². The summed E-state index contributed by atoms with van der Waals surface area (Å²) < 4.78 is 12.8. The van der Waals surface area contributed by atoms with Crippen molar-refractivity contribution in [1.82, 2.24) is 10.3 Å². The first kappa shape index (κ1) is 15.1. The monoisotopic (exact) mass is 301 g/mol. The molecule has 3 nitrogen and oxygen atoms in total. The molecule has 5 heteroatoms. The normalized spacial score (nSPS) is 10.6. The molecule has 0 aliphatic heterocycles. The van der Waals surface area contributed by atoms with Gasteiger partial charge in [0.05, 0.1) is 6.21 Å². The van der Waals surface area contributed by atoms with Crippen LogP contribution in [0, 0.1) is 5.82 Å². The Hall–Kier alpha value is -2.27. The molecule has 2 aromatic rings. The molecular formula is C16H16FN3S. The van der Waals surface area contributed by atoms with Gasteiger partial charge in [0.25, 0.3) is 0 Å². The zero-order valence-electron chi connectivity index (χ0n) is 11.7. The molecule has 1 N–H and O–H groups in total. The fourth-order valence-corrected chi connectivity index (χ4v) is 1.76. The summed E-state index contributed by atoms with van der Waals surface area (Å²) in [5, 5.41) is 9.44. The van der Waals surface area contributed by atoms with E-state index in [9.17, 15) is 4.39 Å². The van der Waals surface area contributed by atoms with Gasteiger partial charge < -0.3 is 5.32 Å². The summed E-state index contributed by atoms with van der Waals surface area (Å²) in [5.41, 5.74) is 1.96. The molecule has 0 saturated carbocycles. The van der Waals surface area contributed by atoms with Gasteiger partial charge in [0.15, 0.2) is 5.11 Å². The average Bonchev–Trinajstić information content (AvgIpc) is 2.52. The molecule has 2 rings (SSSR count). The van der Waals surface area contributed by atoms with Gasteiger partial charge in [0.1, 0.15) is 5.82 Å². The van der Waals surface area contributed by atoms with Crippen molar-refractivity contribution in [3.8, 4) is 0 Å². The fraction of sp³-hybridized carbons (Fsp3) is 0.125. The van der Waals surface area contributed by atoms with Crippen LogP contribution >= 0.6 is 12.2 Å². The van der Waals surface area contributed by atoms with Gasteiger partial charge >= 0.3 is 0 Å². The van der Waals surface area contributed by atoms with Gasteiger partial charge in [-0.1, -0.05) is 42.5 Å². The quantitative estimate of drug-likeness (QED) is 0.534. The van der Waals surface area contributed by atoms with E-state index in [1.165, 1.54) is 12.1 Å². The molecule has 0 amide bonds. The van der Waals surface area contributed by atoms with Gasteiger partial charge in [0.2, 0.25) is 0 Å². The molecular weight excluding hydrogens is 285 g/mol. The van der Waals surface area contributed by atoms with Crippen LogP contribution < -0.4 is 5.32 Å². The van der Waals surface area contributed by atoms with Crippen LogP contribution in [0.15, 0.2) is 59.7 Å². The maximum atomic E-state index is 12.8. The van der Waals surface area contributed by atoms with E-state index in [1.54, 1.807) is 30.4 Å². The predicted molar refractivity (Wildman–Crippen MR) is 87.6 cm³/mol. The zero-order valence-corrected chi connectivity index (χ0v) is 12.5. The van der Waals surface area contributed by atoms with Gasteiger partial charge in [-0.3, -0.25) is 0 Å². The number of thiocarbonyl (C=S) groups is 1. The summed E-state index contributed by atoms with van der Waals surface area (Å²) >= 11 is 5.25. The highest BCUT2D eigenvalue weighted by atomic mass is 32.1. The predicted octanol–water partition coefficient (Wildman–Crippen LogP) is 3.17. The van der Waals surface area contributed by atoms with E-state index >= 15 is 0 Å². The smallest absolute Gasteiger partial charge is 0.189 e. The molecule has 0 spiro atoms. The Morgan fingerprint density at radius 1 is 1.19 bits per heavy atom. The molecule has 21 heavy (non-hydrogen) atoms. The topological polar surface area (TPSA) is 27.6 Å². The largest absolute Gasteiger partial charge is 0.357 e. The van der Waals surface area contributed by atoms with Crippen LogP contribution in [-0.4, -0.2) is 23.4 Å². The Labute approximate surface area is 129 Å². The molecule has 108 valence electrons. The standard InChI is InChI=1S/C16H16FN3S/c1-20(19-12-14-7-9-15(17)10-8-14)16(21)18-11-13-5-3-2-4-6-13/h2-10,12H,11H2,1H3,(H,18,21)/b19-12-. The van der Waals surface area contributed by atoms with Crippen LogP contribution in [0.4, 0.5) is 4.39 Å². The van der Waals surface area contributed by atoms with E-state index in [0.29, 0.717) is 11.7 Å². The second-order valence-electron chi connectivity index (χ2n) is 4.46. The number of hydrogen-bond donors (Lipinski definition) is 1. The Bertz CT molecular complexity index is 611. The van der Waals surface area contributed by atoms with Crippen molar-refractivity contribution in [2.45, 2.75) is 6.54 Å². The minimum atomic E-state index is -0.263. The average molecular weight is 301 g/mol. The Morgan fingerprint density at radius 3 is 2.52 bits per heavy atom. The first-order valence-electron chi connectivity index (χ1n) is 6.50. The lowest BCUT2D eigenvalue weighted by Crippen LogP contribution is -2.33. The third-order valence-electron chi connectivity index (χ3n) is 2.83. The summed E-state index contributed by atoms with van der Waals surface area (Å²) in [4.78, 5) is 0. The summed E-state index contributed by atoms with van der Waals surface area (Å²) in [6, 6.07) is 16.1. The van der Waals surface area contributed by atoms with Gasteiger partial charge in [-0.25, -0.2) is 9.40 Å². The summed E-state index contributed by atoms with van der Waals surface area (Å²) in [5.74, 6) is -0.263. The van der Waals surface area contributed by atoms with Crippen LogP contribution in [0.5, 0.6) is 0 Å². The molecule has 0 fully saturated rings. The number of nitrogens with one attached hydrogen (secondary N) is 1. The second kappa shape index (κ2) is 7.50. The van der Waals surface area contributed by atoms with Gasteiger partial charge in [-0.15, -0.1) is 0 Å². The third-order valence-corrected chi connectivity index (χ3v) is 3.24. The van der Waals surface area contributed by atoms with Crippen molar-refractivity contribution in [2.24, 2.45) is 5.10 Å². The third kappa shape index (κ3) is 4.96. The zero-order chi connectivity index (χ0) is 15.1. The van der Waals surface area contributed by atoms with E-state index in [-0.39, 0.29) is 5.82 Å². The SMILES string of the molecule is CN(/N=C\c1ccc(F)cc1)C(=S)NCc1ccccc1. The van der Waals surface area contributed by atoms with Crippen molar-refractivity contribution in [2.75, 3.05) is 7.05 Å². The molecule has 0 radical (unpaired) electrons. The van der Waals surface area contributed by atoms with Crippen LogP contribution in [0.25, 0.3) is 0 Å². The lowest BCUT2D eigenvalue weighted by Gasteiger charge is -2.15. The summed E-state index contributed by atoms with van der Waals surface area (Å²) in [6.07, 6.45) is 1.63. The summed E-state index contributed by atoms with van der Waals surface area (Å²) in [7, 11) is 1.76. The lowest BCUT2D eigenvalue weighted by atomic mass is 10.2. The van der Waals surface area contributed by atoms with E-state index in [2.05, 4.69) is 10.4 Å². The highest BCUT2D eigenvalue weighted by Gasteiger charge is 2.01. The maximum Gasteiger partial charge on any atom is 0.189 e. The summed E-state index contributed by atoms with van der Waals surface area (Å²) in [6.45, 7) is 0.649. The van der Waals surface area contributed by atoms with E-state index in [0.717, 1.165) is 11.1 Å². The van der Waals surface area contributed by atoms with E-state index in [1.807, 2.05) is 30.3 Å². The minimum Gasteiger partial charge on any atom is -0.357 e. The van der Waals surface area contributed by atoms with Gasteiger partial charge in [-0.05, 0) is 35.5 Å². The molecule has 0 bridgehead atoms. The fourth-order valence-electron chi connectivity index (χ4n) is 1.64. The highest BCUT2D eigenvalue weighted by Crippen LogP contribution is 2.01. The Morgan fingerprint density at radius 2 is 1.86 bits per heavy atom. The van der Waals surface area contributed by atoms with Crippen LogP contribution in [0.2, 0.25) is 0 Å². The highest BCUT2D eigenvalue weighted by molar-refractivity contribution is 7.80. The molecule has 2 aromatic carbocycles. The molecule has 0 aromatic heterocycles. The minimum absolute atomic E-state index is 0.263. The van der Waals surface area contributed by atoms with E-state index < -0.39 is 0 Å². The van der Waals surface area contributed by atoms with Crippen molar-refractivity contribution < 1.29 is 4.39 Å². The first-order valence-corrected chi connectivity index (χ1v) is 6.91. The second-order valence-corrected chi connectivity index (χ2v) is 4.85. The first-order chi connectivity index (χ1) is 10.1. The molecule has 0 saturated heterocycles. The van der Waals surface area contributed by atoms with Gasteiger partial charge in [-0.2, -0.15) is 5.10 Å². The van der Waals surface area contributed by atoms with Crippen LogP contribution in [-0.2, 0) is 6.54 Å². The number of hydrazone groups is 1. The number of benzene rings is 2. The van der Waals surface area contributed by atoms with Crippen molar-refractivity contribution in [1.29, 1.82) is 0 Å². The number of hydrogen-bond acceptors (Lipinski definition) is 2. The maximum absolute atomic E-state index is 12.8. The Kier molecular flexibility index (Phi) is 5.40. The molecule has 0 aliphatic rings. The van der Waals surface area contributed by atoms with Crippen LogP contribution in [0.3, 0.4) is 0 Å². The van der Waals surface area contributed by atoms with Crippen LogP contribution in [0.1, 0.15) is 11.1 Å². The van der Waals surface area contributed by atoms with Crippen molar-refractivity contribution >= 4 is 23.5 Å². The van der Waals surface area contributed by atoms with Crippen molar-refractivity contribution in [3.63, 3.8) is 0 Å². The number of rotatable bonds is 4. The molecule has 0 atom stereocenters. The van der Waals surface area contributed by atoms with E-state index in [4.69, 9.17) is 12.2 Å². The number of nitrogens with zero attached hydrogens (tertiary/aromatic N) is 2. The number of halogens is 1. The Balaban J connectivity index is 1.86. The molecule has 0 heterocycles. The molecule has 0 aliphatic carbocycles. The lowest BCUT2D eigenvalue weighted by molar-refractivity contribution is 0.532.